The number of piperazine rings is 1. The number of nitro groups is 1. The molecular formula is C40H48ClN5O5S. The Kier molecular flexibility index (Phi) is 10.4. The molecule has 2 bridgehead atoms. The van der Waals surface area contributed by atoms with Crippen molar-refractivity contribution in [3.8, 4) is 0 Å². The fourth-order valence-corrected chi connectivity index (χ4v) is 9.93. The van der Waals surface area contributed by atoms with E-state index in [1.807, 2.05) is 24.3 Å². The van der Waals surface area contributed by atoms with Gasteiger partial charge in [-0.1, -0.05) is 62.4 Å². The van der Waals surface area contributed by atoms with Crippen LogP contribution in [0.4, 0.5) is 17.1 Å². The number of fused-ring (bicyclic) bond motifs is 1. The Morgan fingerprint density at radius 3 is 2.31 bits per heavy atom. The lowest BCUT2D eigenvalue weighted by molar-refractivity contribution is -0.384. The molecule has 8 rings (SSSR count). The van der Waals surface area contributed by atoms with Gasteiger partial charge >= 0.3 is 0 Å². The van der Waals surface area contributed by atoms with Crippen LogP contribution >= 0.6 is 11.6 Å². The summed E-state index contributed by atoms with van der Waals surface area (Å²) in [7, 11) is -4.35. The molecule has 1 aliphatic heterocycles. The summed E-state index contributed by atoms with van der Waals surface area (Å²) < 4.78 is 28.4. The van der Waals surface area contributed by atoms with Crippen LogP contribution in [0.5, 0.6) is 0 Å². The van der Waals surface area contributed by atoms with Gasteiger partial charge in [0.1, 0.15) is 5.69 Å². The Morgan fingerprint density at radius 2 is 1.65 bits per heavy atom. The molecular weight excluding hydrogens is 698 g/mol. The Balaban J connectivity index is 0.956. The highest BCUT2D eigenvalue weighted by Gasteiger charge is 2.53. The molecule has 52 heavy (non-hydrogen) atoms. The third-order valence-corrected chi connectivity index (χ3v) is 13.7. The van der Waals surface area contributed by atoms with Gasteiger partial charge in [-0.3, -0.25) is 19.8 Å². The van der Waals surface area contributed by atoms with E-state index in [9.17, 15) is 23.3 Å². The van der Waals surface area contributed by atoms with Crippen molar-refractivity contribution < 1.29 is 18.1 Å². The number of sulfonamides is 1. The number of carbonyl (C=O) groups excluding carboxylic acids is 1. The van der Waals surface area contributed by atoms with Gasteiger partial charge in [0.2, 0.25) is 0 Å². The molecule has 0 aromatic heterocycles. The maximum atomic E-state index is 13.2. The zero-order valence-corrected chi connectivity index (χ0v) is 31.5. The van der Waals surface area contributed by atoms with E-state index in [1.165, 1.54) is 36.1 Å². The number of amides is 1. The maximum absolute atomic E-state index is 13.2. The van der Waals surface area contributed by atoms with Gasteiger partial charge in [0.25, 0.3) is 21.6 Å². The van der Waals surface area contributed by atoms with E-state index >= 15 is 0 Å². The summed E-state index contributed by atoms with van der Waals surface area (Å²) in [6.07, 6.45) is 8.05. The molecule has 4 aliphatic carbocycles. The molecule has 1 unspecified atom stereocenters. The van der Waals surface area contributed by atoms with Crippen LogP contribution in [0.3, 0.4) is 0 Å². The van der Waals surface area contributed by atoms with Gasteiger partial charge in [-0.2, -0.15) is 0 Å². The fraction of sp³-hybridized carbons (Fsp3) is 0.475. The van der Waals surface area contributed by atoms with Crippen LogP contribution in [0.15, 0.2) is 77.2 Å². The number of halogens is 1. The molecule has 3 aromatic rings. The Hall–Kier alpha value is -3.93. The Labute approximate surface area is 311 Å². The molecule has 5 aliphatic rings. The lowest BCUT2D eigenvalue weighted by Gasteiger charge is -2.58. The van der Waals surface area contributed by atoms with E-state index in [-0.39, 0.29) is 21.8 Å². The number of nitro benzene ring substituents is 1. The summed E-state index contributed by atoms with van der Waals surface area (Å²) >= 11 is 6.23. The molecule has 12 heteroatoms. The molecule has 1 saturated heterocycles. The fourth-order valence-electron chi connectivity index (χ4n) is 8.81. The Morgan fingerprint density at radius 1 is 0.962 bits per heavy atom. The third kappa shape index (κ3) is 7.59. The number of rotatable bonds is 11. The lowest BCUT2D eigenvalue weighted by atomic mass is 9.46. The molecule has 2 saturated carbocycles. The number of anilines is 2. The Bertz CT molecular complexity index is 1950. The SMILES string of the molecule is CC1(C)C2CC(CN3CCN(c4ccc(C(=O)NS(=O)(=O)c5ccc(NCC6CCCCC6)c([N+](=O)[O-])c5)cc4)CC3)=C(c3ccc(Cl)cc3)[C@@H]1C2. The van der Waals surface area contributed by atoms with Crippen molar-refractivity contribution in [2.24, 2.45) is 23.2 Å². The first kappa shape index (κ1) is 36.4. The van der Waals surface area contributed by atoms with Gasteiger partial charge in [-0.05, 0) is 109 Å². The predicted octanol–water partition coefficient (Wildman–Crippen LogP) is 8.00. The second kappa shape index (κ2) is 14.8. The minimum absolute atomic E-state index is 0.187. The lowest BCUT2D eigenvalue weighted by Crippen LogP contribution is -2.51. The summed E-state index contributed by atoms with van der Waals surface area (Å²) in [5.41, 5.74) is 5.77. The number of hydrogen-bond acceptors (Lipinski definition) is 8. The number of hydrogen-bond donors (Lipinski definition) is 2. The molecule has 3 fully saturated rings. The first-order valence-electron chi connectivity index (χ1n) is 18.5. The van der Waals surface area contributed by atoms with E-state index in [0.29, 0.717) is 23.8 Å². The first-order chi connectivity index (χ1) is 24.9. The van der Waals surface area contributed by atoms with Gasteiger partial charge in [0, 0.05) is 61.6 Å². The van der Waals surface area contributed by atoms with Crippen molar-refractivity contribution in [3.05, 3.63) is 98.6 Å². The quantitative estimate of drug-likeness (QED) is 0.150. The number of allylic oxidation sites excluding steroid dienone is 1. The van der Waals surface area contributed by atoms with E-state index in [2.05, 4.69) is 45.8 Å². The summed E-state index contributed by atoms with van der Waals surface area (Å²) in [6.45, 7) is 9.89. The zero-order valence-electron chi connectivity index (χ0n) is 29.9. The highest BCUT2D eigenvalue weighted by molar-refractivity contribution is 7.90. The average molecular weight is 746 g/mol. The van der Waals surface area contributed by atoms with Crippen LogP contribution in [0.2, 0.25) is 5.02 Å². The van der Waals surface area contributed by atoms with E-state index < -0.39 is 20.9 Å². The number of carbonyl (C=O) groups is 1. The summed E-state index contributed by atoms with van der Waals surface area (Å²) in [4.78, 5) is 28.8. The molecule has 276 valence electrons. The number of benzene rings is 3. The van der Waals surface area contributed by atoms with Crippen LogP contribution in [0.1, 0.15) is 74.7 Å². The molecule has 2 N–H and O–H groups in total. The smallest absolute Gasteiger partial charge is 0.293 e. The zero-order chi connectivity index (χ0) is 36.6. The third-order valence-electron chi connectivity index (χ3n) is 12.1. The van der Waals surface area contributed by atoms with Crippen molar-refractivity contribution in [2.75, 3.05) is 49.5 Å². The van der Waals surface area contributed by atoms with Crippen molar-refractivity contribution in [1.82, 2.24) is 9.62 Å². The number of nitrogens with zero attached hydrogens (tertiary/aromatic N) is 3. The van der Waals surface area contributed by atoms with Crippen LogP contribution < -0.4 is 14.9 Å². The normalized spacial score (nSPS) is 22.1. The van der Waals surface area contributed by atoms with Gasteiger partial charge in [-0.25, -0.2) is 13.1 Å². The van der Waals surface area contributed by atoms with Crippen LogP contribution in [-0.2, 0) is 10.0 Å². The van der Waals surface area contributed by atoms with E-state index in [1.54, 1.807) is 17.7 Å². The van der Waals surface area contributed by atoms with Crippen molar-refractivity contribution >= 4 is 50.2 Å². The van der Waals surface area contributed by atoms with Gasteiger partial charge in [0.15, 0.2) is 0 Å². The molecule has 1 amide bonds. The molecule has 1 heterocycles. The van der Waals surface area contributed by atoms with Crippen molar-refractivity contribution in [2.45, 2.75) is 63.7 Å². The van der Waals surface area contributed by atoms with Crippen LogP contribution in [0, 0.1) is 33.3 Å². The topological polar surface area (TPSA) is 125 Å². The van der Waals surface area contributed by atoms with Crippen molar-refractivity contribution in [1.29, 1.82) is 0 Å². The summed E-state index contributed by atoms with van der Waals surface area (Å²) in [5.74, 6) is 0.945. The van der Waals surface area contributed by atoms with E-state index in [4.69, 9.17) is 11.6 Å². The minimum atomic E-state index is -4.35. The minimum Gasteiger partial charge on any atom is -0.379 e. The molecule has 3 aromatic carbocycles. The molecule has 2 atom stereocenters. The van der Waals surface area contributed by atoms with E-state index in [0.717, 1.165) is 87.5 Å². The molecule has 0 spiro atoms. The predicted molar refractivity (Wildman–Crippen MR) is 206 cm³/mol. The van der Waals surface area contributed by atoms with Gasteiger partial charge < -0.3 is 10.2 Å². The van der Waals surface area contributed by atoms with Gasteiger partial charge in [0.05, 0.1) is 9.82 Å². The highest BCUT2D eigenvalue weighted by atomic mass is 35.5. The van der Waals surface area contributed by atoms with Crippen LogP contribution in [-0.4, -0.2) is 63.4 Å². The molecule has 10 nitrogen and oxygen atoms in total. The number of nitrogens with one attached hydrogen (secondary N) is 2. The maximum Gasteiger partial charge on any atom is 0.293 e. The highest BCUT2D eigenvalue weighted by Crippen LogP contribution is 2.63. The van der Waals surface area contributed by atoms with Crippen molar-refractivity contribution in [3.63, 3.8) is 0 Å². The van der Waals surface area contributed by atoms with Gasteiger partial charge in [-0.15, -0.1) is 0 Å². The monoisotopic (exact) mass is 745 g/mol. The second-order valence-electron chi connectivity index (χ2n) is 15.6. The molecule has 0 radical (unpaired) electrons. The largest absolute Gasteiger partial charge is 0.379 e. The average Bonchev–Trinajstić information content (AvgIpc) is 3.14. The summed E-state index contributed by atoms with van der Waals surface area (Å²) in [6, 6.07) is 19.0. The first-order valence-corrected chi connectivity index (χ1v) is 20.4. The van der Waals surface area contributed by atoms with Crippen LogP contribution in [0.25, 0.3) is 5.57 Å². The second-order valence-corrected chi connectivity index (χ2v) is 17.7. The standard InChI is InChI=1S/C40H48ClN5O5S/c1-40(2)31-22-30(38(35(40)23-31)28-8-12-32(41)13-9-28)26-44-18-20-45(21-19-44)33-14-10-29(11-15-33)39(47)43-52(50,51)34-16-17-36(37(24-34)46(48)49)42-25-27-6-4-3-5-7-27/h8-17,24,27,31,35,42H,3-7,18-23,25-26H2,1-2H3,(H,43,47)/t31?,35-/m0/s1. The summed E-state index contributed by atoms with van der Waals surface area (Å²) in [5, 5.41) is 15.7.